The minimum absolute atomic E-state index is 0.137. The highest BCUT2D eigenvalue weighted by Gasteiger charge is 2.29. The number of aliphatic hydroxyl groups is 1. The molecule has 98 valence electrons. The third kappa shape index (κ3) is 2.94. The van der Waals surface area contributed by atoms with E-state index in [1.165, 1.54) is 12.3 Å². The van der Waals surface area contributed by atoms with Gasteiger partial charge in [-0.3, -0.25) is 4.79 Å². The predicted molar refractivity (Wildman–Crippen MR) is 69.9 cm³/mol. The van der Waals surface area contributed by atoms with E-state index >= 15 is 0 Å². The molecule has 1 amide bonds. The van der Waals surface area contributed by atoms with Crippen molar-refractivity contribution in [2.75, 3.05) is 13.6 Å². The minimum Gasteiger partial charge on any atom is -0.393 e. The van der Waals surface area contributed by atoms with E-state index in [0.717, 1.165) is 12.8 Å². The third-order valence-corrected chi connectivity index (χ3v) is 3.82. The van der Waals surface area contributed by atoms with E-state index in [1.54, 1.807) is 11.9 Å². The summed E-state index contributed by atoms with van der Waals surface area (Å²) in [5.74, 6) is 0.243. The zero-order chi connectivity index (χ0) is 13.3. The molecule has 0 aliphatic heterocycles. The van der Waals surface area contributed by atoms with E-state index in [9.17, 15) is 9.90 Å². The molecule has 0 radical (unpaired) electrons. The molecular formula is C12H14Cl2N2O2. The van der Waals surface area contributed by atoms with Gasteiger partial charge in [-0.05, 0) is 24.8 Å². The Morgan fingerprint density at radius 1 is 1.56 bits per heavy atom. The second-order valence-corrected chi connectivity index (χ2v) is 5.44. The summed E-state index contributed by atoms with van der Waals surface area (Å²) in [5, 5.41) is 9.67. The van der Waals surface area contributed by atoms with E-state index in [4.69, 9.17) is 23.2 Å². The first-order valence-corrected chi connectivity index (χ1v) is 6.47. The van der Waals surface area contributed by atoms with Gasteiger partial charge in [0.05, 0.1) is 16.7 Å². The Labute approximate surface area is 116 Å². The largest absolute Gasteiger partial charge is 0.393 e. The number of aliphatic hydroxyl groups excluding tert-OH is 1. The molecule has 0 aromatic carbocycles. The van der Waals surface area contributed by atoms with Crippen LogP contribution in [0.25, 0.3) is 0 Å². The van der Waals surface area contributed by atoms with Crippen LogP contribution in [0.3, 0.4) is 0 Å². The van der Waals surface area contributed by atoms with Crippen molar-refractivity contribution in [3.05, 3.63) is 28.0 Å². The van der Waals surface area contributed by atoms with Gasteiger partial charge in [0, 0.05) is 19.8 Å². The zero-order valence-electron chi connectivity index (χ0n) is 9.94. The Morgan fingerprint density at radius 2 is 2.22 bits per heavy atom. The normalized spacial score (nSPS) is 22.4. The maximum absolute atomic E-state index is 12.1. The molecule has 0 bridgehead atoms. The topological polar surface area (TPSA) is 53.4 Å². The first kappa shape index (κ1) is 13.6. The van der Waals surface area contributed by atoms with Crippen molar-refractivity contribution in [1.29, 1.82) is 0 Å². The lowest BCUT2D eigenvalue weighted by molar-refractivity contribution is 0.0265. The van der Waals surface area contributed by atoms with Gasteiger partial charge in [0.15, 0.2) is 0 Å². The van der Waals surface area contributed by atoms with E-state index in [-0.39, 0.29) is 22.2 Å². The van der Waals surface area contributed by atoms with Crippen LogP contribution < -0.4 is 0 Å². The van der Waals surface area contributed by atoms with Crippen LogP contribution >= 0.6 is 23.2 Å². The molecule has 18 heavy (non-hydrogen) atoms. The van der Waals surface area contributed by atoms with Gasteiger partial charge in [-0.2, -0.15) is 0 Å². The number of carbonyl (C=O) groups is 1. The molecule has 1 N–H and O–H groups in total. The SMILES string of the molecule is CN(CC1CC(O)C1)C(=O)c1cnc(Cl)c(Cl)c1. The van der Waals surface area contributed by atoms with Crippen LogP contribution in [0.2, 0.25) is 10.2 Å². The summed E-state index contributed by atoms with van der Waals surface area (Å²) in [6, 6.07) is 1.52. The van der Waals surface area contributed by atoms with E-state index in [0.29, 0.717) is 18.0 Å². The molecule has 0 saturated heterocycles. The average molecular weight is 289 g/mol. The number of amides is 1. The summed E-state index contributed by atoms with van der Waals surface area (Å²) in [4.78, 5) is 17.6. The number of carbonyl (C=O) groups excluding carboxylic acids is 1. The summed E-state index contributed by atoms with van der Waals surface area (Å²) in [6.45, 7) is 0.635. The Bertz CT molecular complexity index is 461. The molecule has 4 nitrogen and oxygen atoms in total. The number of aromatic nitrogens is 1. The number of nitrogens with zero attached hydrogens (tertiary/aromatic N) is 2. The molecule has 1 aliphatic rings. The smallest absolute Gasteiger partial charge is 0.255 e. The molecule has 6 heteroatoms. The second-order valence-electron chi connectivity index (χ2n) is 4.67. The zero-order valence-corrected chi connectivity index (χ0v) is 11.4. The minimum atomic E-state index is -0.204. The Hall–Kier alpha value is -0.840. The van der Waals surface area contributed by atoms with Crippen molar-refractivity contribution in [3.8, 4) is 0 Å². The van der Waals surface area contributed by atoms with E-state index in [1.807, 2.05) is 0 Å². The van der Waals surface area contributed by atoms with Gasteiger partial charge in [0.2, 0.25) is 0 Å². The van der Waals surface area contributed by atoms with Gasteiger partial charge in [-0.25, -0.2) is 4.98 Å². The molecule has 0 spiro atoms. The monoisotopic (exact) mass is 288 g/mol. The number of halogens is 2. The molecule has 1 aromatic rings. The number of hydrogen-bond donors (Lipinski definition) is 1. The van der Waals surface area contributed by atoms with Gasteiger partial charge in [0.1, 0.15) is 5.15 Å². The van der Waals surface area contributed by atoms with Crippen LogP contribution in [0.15, 0.2) is 12.3 Å². The summed E-state index contributed by atoms with van der Waals surface area (Å²) in [5.41, 5.74) is 0.423. The molecule has 2 rings (SSSR count). The van der Waals surface area contributed by atoms with Gasteiger partial charge >= 0.3 is 0 Å². The van der Waals surface area contributed by atoms with Crippen LogP contribution in [0.5, 0.6) is 0 Å². The van der Waals surface area contributed by atoms with Gasteiger partial charge < -0.3 is 10.0 Å². The standard InChI is InChI=1S/C12H14Cl2N2O2/c1-16(6-7-2-9(17)3-7)12(18)8-4-10(13)11(14)15-5-8/h4-5,7,9,17H,2-3,6H2,1H3. The summed E-state index contributed by atoms with van der Waals surface area (Å²) >= 11 is 11.5. The average Bonchev–Trinajstić information content (AvgIpc) is 2.29. The van der Waals surface area contributed by atoms with Crippen molar-refractivity contribution in [3.63, 3.8) is 0 Å². The third-order valence-electron chi connectivity index (χ3n) is 3.13. The second kappa shape index (κ2) is 5.43. The number of rotatable bonds is 3. The summed E-state index contributed by atoms with van der Waals surface area (Å²) in [7, 11) is 1.73. The van der Waals surface area contributed by atoms with Crippen molar-refractivity contribution < 1.29 is 9.90 Å². The molecule has 0 atom stereocenters. The van der Waals surface area contributed by atoms with Crippen molar-refractivity contribution in [2.45, 2.75) is 18.9 Å². The number of pyridine rings is 1. The first-order valence-electron chi connectivity index (χ1n) is 5.72. The fourth-order valence-electron chi connectivity index (χ4n) is 2.08. The molecule has 1 fully saturated rings. The molecule has 1 saturated carbocycles. The first-order chi connectivity index (χ1) is 8.47. The maximum Gasteiger partial charge on any atom is 0.255 e. The van der Waals surface area contributed by atoms with E-state index in [2.05, 4.69) is 4.98 Å². The lowest BCUT2D eigenvalue weighted by Crippen LogP contribution is -2.39. The van der Waals surface area contributed by atoms with Crippen LogP contribution in [-0.2, 0) is 0 Å². The van der Waals surface area contributed by atoms with Crippen molar-refractivity contribution >= 4 is 29.1 Å². The van der Waals surface area contributed by atoms with Crippen molar-refractivity contribution in [2.24, 2.45) is 5.92 Å². The predicted octanol–water partition coefficient (Wildman–Crippen LogP) is 2.23. The fourth-order valence-corrected chi connectivity index (χ4v) is 2.35. The van der Waals surface area contributed by atoms with Crippen LogP contribution in [0, 0.1) is 5.92 Å². The fraction of sp³-hybridized carbons (Fsp3) is 0.500. The van der Waals surface area contributed by atoms with Crippen LogP contribution in [0.4, 0.5) is 0 Å². The van der Waals surface area contributed by atoms with Crippen LogP contribution in [0.1, 0.15) is 23.2 Å². The van der Waals surface area contributed by atoms with E-state index < -0.39 is 0 Å². The Balaban J connectivity index is 1.99. The lowest BCUT2D eigenvalue weighted by atomic mass is 9.82. The Morgan fingerprint density at radius 3 is 2.78 bits per heavy atom. The van der Waals surface area contributed by atoms with Gasteiger partial charge in [-0.1, -0.05) is 23.2 Å². The van der Waals surface area contributed by atoms with Gasteiger partial charge in [0.25, 0.3) is 5.91 Å². The molecule has 1 heterocycles. The molecule has 1 aliphatic carbocycles. The lowest BCUT2D eigenvalue weighted by Gasteiger charge is -2.34. The summed E-state index contributed by atoms with van der Waals surface area (Å²) < 4.78 is 0. The highest BCUT2D eigenvalue weighted by Crippen LogP contribution is 2.28. The van der Waals surface area contributed by atoms with Gasteiger partial charge in [-0.15, -0.1) is 0 Å². The highest BCUT2D eigenvalue weighted by molar-refractivity contribution is 6.41. The quantitative estimate of drug-likeness (QED) is 0.868. The van der Waals surface area contributed by atoms with Crippen molar-refractivity contribution in [1.82, 2.24) is 9.88 Å². The number of hydrogen-bond acceptors (Lipinski definition) is 3. The highest BCUT2D eigenvalue weighted by atomic mass is 35.5. The molecular weight excluding hydrogens is 275 g/mol. The molecule has 0 unspecified atom stereocenters. The molecule has 1 aromatic heterocycles. The van der Waals surface area contributed by atoms with Crippen LogP contribution in [-0.4, -0.2) is 40.6 Å². The summed E-state index contributed by atoms with van der Waals surface area (Å²) in [6.07, 6.45) is 2.74. The maximum atomic E-state index is 12.1. The Kier molecular flexibility index (Phi) is 4.10.